The quantitative estimate of drug-likeness (QED) is 0.806. The van der Waals surface area contributed by atoms with E-state index in [1.54, 1.807) is 6.20 Å². The minimum absolute atomic E-state index is 0.551. The second kappa shape index (κ2) is 4.04. The van der Waals surface area contributed by atoms with Crippen LogP contribution in [0.2, 0.25) is 0 Å². The maximum absolute atomic E-state index is 12.6. The van der Waals surface area contributed by atoms with Crippen LogP contribution >= 0.6 is 0 Å². The van der Waals surface area contributed by atoms with Crippen LogP contribution in [0.5, 0.6) is 0 Å². The third-order valence-electron chi connectivity index (χ3n) is 2.64. The van der Waals surface area contributed by atoms with E-state index in [1.807, 2.05) is 11.0 Å². The van der Waals surface area contributed by atoms with E-state index >= 15 is 0 Å². The van der Waals surface area contributed by atoms with Crippen molar-refractivity contribution in [2.24, 2.45) is 0 Å². The number of aromatic amines is 1. The van der Waals surface area contributed by atoms with Crippen LogP contribution in [-0.4, -0.2) is 34.1 Å². The average molecular weight is 201 g/mol. The van der Waals surface area contributed by atoms with Gasteiger partial charge in [0.25, 0.3) is 6.43 Å². The molecule has 0 amide bonds. The zero-order valence-corrected chi connectivity index (χ0v) is 7.79. The van der Waals surface area contributed by atoms with E-state index in [0.717, 1.165) is 18.7 Å². The summed E-state index contributed by atoms with van der Waals surface area (Å²) in [4.78, 5) is 1.82. The summed E-state index contributed by atoms with van der Waals surface area (Å²) in [7, 11) is 0. The molecule has 14 heavy (non-hydrogen) atoms. The first kappa shape index (κ1) is 9.58. The number of aromatic nitrogens is 2. The van der Waals surface area contributed by atoms with Gasteiger partial charge in [0.2, 0.25) is 0 Å². The number of H-pyrrole nitrogens is 1. The van der Waals surface area contributed by atoms with E-state index in [4.69, 9.17) is 0 Å². The van der Waals surface area contributed by atoms with Crippen LogP contribution in [0.3, 0.4) is 0 Å². The highest BCUT2D eigenvalue weighted by Gasteiger charge is 2.31. The Bertz CT molecular complexity index is 274. The molecule has 1 atom stereocenters. The van der Waals surface area contributed by atoms with Crippen molar-refractivity contribution < 1.29 is 8.78 Å². The zero-order chi connectivity index (χ0) is 9.97. The van der Waals surface area contributed by atoms with Crippen molar-refractivity contribution in [2.45, 2.75) is 31.9 Å². The lowest BCUT2D eigenvalue weighted by Crippen LogP contribution is -2.34. The summed E-state index contributed by atoms with van der Waals surface area (Å²) >= 11 is 0. The third kappa shape index (κ3) is 1.92. The fourth-order valence-corrected chi connectivity index (χ4v) is 1.93. The Morgan fingerprint density at radius 3 is 3.14 bits per heavy atom. The first-order valence-corrected chi connectivity index (χ1v) is 4.78. The molecule has 1 aliphatic rings. The van der Waals surface area contributed by atoms with E-state index < -0.39 is 12.5 Å². The Hall–Kier alpha value is -0.970. The lowest BCUT2D eigenvalue weighted by molar-refractivity contribution is 0.0435. The molecule has 0 unspecified atom stereocenters. The third-order valence-corrected chi connectivity index (χ3v) is 2.64. The number of likely N-dealkylation sites (tertiary alicyclic amines) is 1. The molecule has 1 aromatic heterocycles. The number of hydrogen-bond donors (Lipinski definition) is 1. The van der Waals surface area contributed by atoms with Crippen molar-refractivity contribution in [1.82, 2.24) is 15.1 Å². The number of halogens is 2. The van der Waals surface area contributed by atoms with Gasteiger partial charge in [-0.15, -0.1) is 0 Å². The van der Waals surface area contributed by atoms with Crippen molar-refractivity contribution in [3.8, 4) is 0 Å². The summed E-state index contributed by atoms with van der Waals surface area (Å²) in [5.74, 6) is 0. The van der Waals surface area contributed by atoms with Gasteiger partial charge in [-0.2, -0.15) is 5.10 Å². The highest BCUT2D eigenvalue weighted by Crippen LogP contribution is 2.24. The highest BCUT2D eigenvalue weighted by atomic mass is 19.3. The molecule has 78 valence electrons. The van der Waals surface area contributed by atoms with Gasteiger partial charge < -0.3 is 0 Å². The molecule has 1 fully saturated rings. The minimum Gasteiger partial charge on any atom is -0.289 e. The van der Waals surface area contributed by atoms with Crippen LogP contribution in [0, 0.1) is 0 Å². The van der Waals surface area contributed by atoms with E-state index in [0.29, 0.717) is 13.0 Å². The van der Waals surface area contributed by atoms with Crippen molar-refractivity contribution in [3.05, 3.63) is 18.0 Å². The zero-order valence-electron chi connectivity index (χ0n) is 7.79. The first-order chi connectivity index (χ1) is 6.77. The minimum atomic E-state index is -2.24. The summed E-state index contributed by atoms with van der Waals surface area (Å²) < 4.78 is 25.1. The number of nitrogens with zero attached hydrogens (tertiary/aromatic N) is 2. The predicted octanol–water partition coefficient (Wildman–Crippen LogP) is 1.64. The number of rotatable bonds is 3. The standard InChI is InChI=1S/C9H13F2N3/c10-9(11)8-2-1-5-14(8)6-7-3-4-12-13-7/h3-4,8-9H,1-2,5-6H2,(H,12,13)/t8-/m1/s1. The largest absolute Gasteiger partial charge is 0.289 e. The van der Waals surface area contributed by atoms with Gasteiger partial charge in [-0.3, -0.25) is 10.00 Å². The second-order valence-corrected chi connectivity index (χ2v) is 3.60. The van der Waals surface area contributed by atoms with Gasteiger partial charge in [0.1, 0.15) is 0 Å². The SMILES string of the molecule is FC(F)[C@H]1CCCN1Cc1ccn[nH]1. The molecule has 5 heteroatoms. The van der Waals surface area contributed by atoms with Crippen molar-refractivity contribution in [1.29, 1.82) is 0 Å². The lowest BCUT2D eigenvalue weighted by atomic mass is 10.2. The van der Waals surface area contributed by atoms with Crippen LogP contribution < -0.4 is 0 Å². The van der Waals surface area contributed by atoms with Crippen LogP contribution in [0.15, 0.2) is 12.3 Å². The average Bonchev–Trinajstić information content (AvgIpc) is 2.75. The Labute approximate surface area is 81.1 Å². The van der Waals surface area contributed by atoms with Crippen LogP contribution in [0.25, 0.3) is 0 Å². The molecule has 0 spiro atoms. The van der Waals surface area contributed by atoms with E-state index in [9.17, 15) is 8.78 Å². The van der Waals surface area contributed by atoms with Gasteiger partial charge in [-0.05, 0) is 25.5 Å². The van der Waals surface area contributed by atoms with Gasteiger partial charge >= 0.3 is 0 Å². The molecule has 1 N–H and O–H groups in total. The Morgan fingerprint density at radius 2 is 2.50 bits per heavy atom. The molecule has 0 aliphatic carbocycles. The Kier molecular flexibility index (Phi) is 2.77. The van der Waals surface area contributed by atoms with Gasteiger partial charge in [-0.1, -0.05) is 0 Å². The molecule has 2 heterocycles. The summed E-state index contributed by atoms with van der Waals surface area (Å²) in [5, 5.41) is 6.58. The monoisotopic (exact) mass is 201 g/mol. The second-order valence-electron chi connectivity index (χ2n) is 3.60. The Balaban J connectivity index is 1.97. The molecule has 0 bridgehead atoms. The molecular formula is C9H13F2N3. The predicted molar refractivity (Wildman–Crippen MR) is 48.0 cm³/mol. The smallest absolute Gasteiger partial charge is 0.253 e. The van der Waals surface area contributed by atoms with Crippen molar-refractivity contribution in [3.63, 3.8) is 0 Å². The van der Waals surface area contributed by atoms with Crippen LogP contribution in [0.1, 0.15) is 18.5 Å². The van der Waals surface area contributed by atoms with Gasteiger partial charge in [0, 0.05) is 18.4 Å². The van der Waals surface area contributed by atoms with Gasteiger partial charge in [0.15, 0.2) is 0 Å². The van der Waals surface area contributed by atoms with Crippen LogP contribution in [0.4, 0.5) is 8.78 Å². The first-order valence-electron chi connectivity index (χ1n) is 4.78. The number of alkyl halides is 2. The normalized spacial score (nSPS) is 23.5. The summed E-state index contributed by atoms with van der Waals surface area (Å²) in [6.45, 7) is 1.31. The van der Waals surface area contributed by atoms with E-state index in [2.05, 4.69) is 10.2 Å². The van der Waals surface area contributed by atoms with Gasteiger partial charge in [0.05, 0.1) is 6.04 Å². The molecule has 2 rings (SSSR count). The van der Waals surface area contributed by atoms with Crippen molar-refractivity contribution in [2.75, 3.05) is 6.54 Å². The van der Waals surface area contributed by atoms with Crippen LogP contribution in [-0.2, 0) is 6.54 Å². The molecule has 1 aliphatic heterocycles. The molecule has 0 aromatic carbocycles. The fraction of sp³-hybridized carbons (Fsp3) is 0.667. The highest BCUT2D eigenvalue weighted by molar-refractivity contribution is 4.98. The summed E-state index contributed by atoms with van der Waals surface area (Å²) in [5.41, 5.74) is 0.901. The molecule has 1 aromatic rings. The van der Waals surface area contributed by atoms with Gasteiger partial charge in [-0.25, -0.2) is 8.78 Å². The van der Waals surface area contributed by atoms with E-state index in [-0.39, 0.29) is 0 Å². The summed E-state index contributed by atoms with van der Waals surface area (Å²) in [6.07, 6.45) is 0.873. The molecular weight excluding hydrogens is 188 g/mol. The molecule has 1 saturated heterocycles. The number of nitrogens with one attached hydrogen (secondary N) is 1. The Morgan fingerprint density at radius 1 is 1.64 bits per heavy atom. The lowest BCUT2D eigenvalue weighted by Gasteiger charge is -2.22. The topological polar surface area (TPSA) is 31.9 Å². The van der Waals surface area contributed by atoms with E-state index in [1.165, 1.54) is 0 Å². The maximum atomic E-state index is 12.6. The van der Waals surface area contributed by atoms with Crippen molar-refractivity contribution >= 4 is 0 Å². The number of hydrogen-bond acceptors (Lipinski definition) is 2. The molecule has 0 radical (unpaired) electrons. The molecule has 3 nitrogen and oxygen atoms in total. The summed E-state index contributed by atoms with van der Waals surface area (Å²) in [6, 6.07) is 1.25. The maximum Gasteiger partial charge on any atom is 0.253 e. The molecule has 0 saturated carbocycles. The fourth-order valence-electron chi connectivity index (χ4n) is 1.93.